The van der Waals surface area contributed by atoms with Gasteiger partial charge in [0.05, 0.1) is 26.4 Å². The first-order valence-corrected chi connectivity index (χ1v) is 47.1. The van der Waals surface area contributed by atoms with E-state index in [9.17, 15) is 43.2 Å². The average molecular weight is 1520 g/mol. The number of ether oxygens (including phenoxy) is 4. The summed E-state index contributed by atoms with van der Waals surface area (Å²) in [5, 5.41) is 10.7. The quantitative estimate of drug-likeness (QED) is 0.0222. The summed E-state index contributed by atoms with van der Waals surface area (Å²) < 4.78 is 68.8. The molecule has 0 aromatic heterocycles. The summed E-state index contributed by atoms with van der Waals surface area (Å²) in [7, 11) is -9.92. The Morgan fingerprint density at radius 3 is 0.683 bits per heavy atom. The van der Waals surface area contributed by atoms with E-state index in [1.54, 1.807) is 0 Å². The summed E-state index contributed by atoms with van der Waals surface area (Å²) in [4.78, 5) is 73.1. The molecule has 0 bridgehead atoms. The highest BCUT2D eigenvalue weighted by molar-refractivity contribution is 7.47. The number of hydrogen-bond donors (Lipinski definition) is 3. The van der Waals surface area contributed by atoms with E-state index in [2.05, 4.69) is 41.5 Å². The molecule has 0 saturated heterocycles. The standard InChI is InChI=1S/C85H166O17P2/c1-7-11-13-15-17-19-21-22-33-39-45-51-57-63-69-84(89)101-80(73-95-82(87)67-61-55-49-43-20-18-16-14-12-8-2)75-99-103(91,92)97-71-79(86)72-98-104(93,94)100-76-81(74-96-83(88)68-62-56-50-44-38-34-30-29-32-37-42-48-54-60-66-78(6)10-4)102-85(90)70-64-58-52-46-40-35-28-26-24-23-25-27-31-36-41-47-53-59-65-77(5)9-3/h77-81,86H,7-76H2,1-6H3,(H,91,92)(H,93,94)/t77?,78?,79-,80+,81+/m0/s1. The molecule has 618 valence electrons. The van der Waals surface area contributed by atoms with Crippen molar-refractivity contribution in [2.45, 2.75) is 471 Å². The summed E-state index contributed by atoms with van der Waals surface area (Å²) in [6.07, 6.45) is 67.8. The Morgan fingerprint density at radius 1 is 0.269 bits per heavy atom. The first-order chi connectivity index (χ1) is 50.4. The van der Waals surface area contributed by atoms with Gasteiger partial charge in [0, 0.05) is 25.7 Å². The molecule has 0 aliphatic heterocycles. The number of esters is 4. The molecule has 0 aromatic rings. The number of hydrogen-bond acceptors (Lipinski definition) is 15. The Hall–Kier alpha value is -1.94. The van der Waals surface area contributed by atoms with Crippen LogP contribution in [0.3, 0.4) is 0 Å². The molecule has 7 atom stereocenters. The van der Waals surface area contributed by atoms with Crippen LogP contribution in [0.15, 0.2) is 0 Å². The van der Waals surface area contributed by atoms with Gasteiger partial charge in [-0.15, -0.1) is 0 Å². The molecular weight excluding hydrogens is 1350 g/mol. The van der Waals surface area contributed by atoms with Crippen molar-refractivity contribution < 1.29 is 80.2 Å². The zero-order valence-corrected chi connectivity index (χ0v) is 70.1. The molecule has 0 aliphatic rings. The molecule has 0 radical (unpaired) electrons. The number of rotatable bonds is 84. The van der Waals surface area contributed by atoms with Gasteiger partial charge in [0.25, 0.3) is 0 Å². The monoisotopic (exact) mass is 1520 g/mol. The van der Waals surface area contributed by atoms with Gasteiger partial charge >= 0.3 is 39.5 Å². The topological polar surface area (TPSA) is 237 Å². The van der Waals surface area contributed by atoms with E-state index in [1.165, 1.54) is 270 Å². The van der Waals surface area contributed by atoms with E-state index in [0.717, 1.165) is 102 Å². The van der Waals surface area contributed by atoms with Crippen LogP contribution in [0, 0.1) is 11.8 Å². The molecule has 3 N–H and O–H groups in total. The van der Waals surface area contributed by atoms with Crippen molar-refractivity contribution in [3.63, 3.8) is 0 Å². The average Bonchev–Trinajstić information content (AvgIpc) is 0.902. The summed E-state index contributed by atoms with van der Waals surface area (Å²) in [5.74, 6) is -0.381. The molecule has 4 unspecified atom stereocenters. The van der Waals surface area contributed by atoms with Gasteiger partial charge < -0.3 is 33.8 Å². The lowest BCUT2D eigenvalue weighted by molar-refractivity contribution is -0.161. The molecular formula is C85H166O17P2. The summed E-state index contributed by atoms with van der Waals surface area (Å²) >= 11 is 0. The van der Waals surface area contributed by atoms with Crippen molar-refractivity contribution in [2.75, 3.05) is 39.6 Å². The van der Waals surface area contributed by atoms with Crippen molar-refractivity contribution in [1.82, 2.24) is 0 Å². The number of aliphatic hydroxyl groups is 1. The summed E-state index contributed by atoms with van der Waals surface area (Å²) in [6, 6.07) is 0. The predicted molar refractivity (Wildman–Crippen MR) is 428 cm³/mol. The van der Waals surface area contributed by atoms with E-state index in [1.807, 2.05) is 0 Å². The van der Waals surface area contributed by atoms with Gasteiger partial charge in [-0.1, -0.05) is 401 Å². The minimum Gasteiger partial charge on any atom is -0.462 e. The highest BCUT2D eigenvalue weighted by Gasteiger charge is 2.30. The molecule has 0 amide bonds. The fourth-order valence-electron chi connectivity index (χ4n) is 13.2. The molecule has 0 aromatic carbocycles. The van der Waals surface area contributed by atoms with Crippen LogP contribution in [0.1, 0.15) is 452 Å². The first-order valence-electron chi connectivity index (χ1n) is 44.1. The first kappa shape index (κ1) is 102. The third-order valence-electron chi connectivity index (χ3n) is 20.7. The van der Waals surface area contributed by atoms with Gasteiger partial charge in [-0.05, 0) is 37.5 Å². The van der Waals surface area contributed by atoms with Gasteiger partial charge in [0.2, 0.25) is 0 Å². The molecule has 19 heteroatoms. The minimum absolute atomic E-state index is 0.108. The number of phosphoric acid groups is 2. The fourth-order valence-corrected chi connectivity index (χ4v) is 14.8. The molecule has 0 aliphatic carbocycles. The molecule has 0 fully saturated rings. The number of unbranched alkanes of at least 4 members (excludes halogenated alkanes) is 52. The molecule has 104 heavy (non-hydrogen) atoms. The maximum absolute atomic E-state index is 13.1. The molecule has 0 rings (SSSR count). The van der Waals surface area contributed by atoms with Crippen molar-refractivity contribution in [2.24, 2.45) is 11.8 Å². The molecule has 0 heterocycles. The number of carbonyl (C=O) groups excluding carboxylic acids is 4. The second-order valence-corrected chi connectivity index (χ2v) is 34.0. The van der Waals surface area contributed by atoms with Gasteiger partial charge in [0.15, 0.2) is 12.2 Å². The van der Waals surface area contributed by atoms with Crippen LogP contribution >= 0.6 is 15.6 Å². The summed E-state index contributed by atoms with van der Waals surface area (Å²) in [6.45, 7) is 9.78. The number of carbonyl (C=O) groups is 4. The Balaban J connectivity index is 5.22. The van der Waals surface area contributed by atoms with E-state index in [4.69, 9.17) is 37.0 Å². The maximum Gasteiger partial charge on any atom is 0.472 e. The third kappa shape index (κ3) is 75.5. The fraction of sp³-hybridized carbons (Fsp3) is 0.953. The smallest absolute Gasteiger partial charge is 0.462 e. The lowest BCUT2D eigenvalue weighted by Crippen LogP contribution is -2.30. The Morgan fingerprint density at radius 2 is 0.462 bits per heavy atom. The molecule has 0 saturated carbocycles. The van der Waals surface area contributed by atoms with E-state index in [0.29, 0.717) is 25.7 Å². The van der Waals surface area contributed by atoms with E-state index in [-0.39, 0.29) is 25.7 Å². The second kappa shape index (κ2) is 76.4. The van der Waals surface area contributed by atoms with Crippen LogP contribution in [0.25, 0.3) is 0 Å². The van der Waals surface area contributed by atoms with Crippen LogP contribution in [0.4, 0.5) is 0 Å². The normalized spacial score (nSPS) is 14.4. The zero-order valence-electron chi connectivity index (χ0n) is 68.3. The minimum atomic E-state index is -4.97. The zero-order chi connectivity index (χ0) is 76.4. The molecule has 17 nitrogen and oxygen atoms in total. The summed E-state index contributed by atoms with van der Waals surface area (Å²) in [5.41, 5.74) is 0. The Kier molecular flexibility index (Phi) is 75.0. The van der Waals surface area contributed by atoms with E-state index < -0.39 is 97.5 Å². The van der Waals surface area contributed by atoms with Gasteiger partial charge in [0.1, 0.15) is 19.3 Å². The lowest BCUT2D eigenvalue weighted by atomic mass is 9.99. The van der Waals surface area contributed by atoms with E-state index >= 15 is 0 Å². The largest absolute Gasteiger partial charge is 0.472 e. The molecule has 0 spiro atoms. The van der Waals surface area contributed by atoms with Gasteiger partial charge in [-0.2, -0.15) is 0 Å². The van der Waals surface area contributed by atoms with Crippen LogP contribution < -0.4 is 0 Å². The maximum atomic E-state index is 13.1. The van der Waals surface area contributed by atoms with Crippen LogP contribution in [0.2, 0.25) is 0 Å². The van der Waals surface area contributed by atoms with Crippen molar-refractivity contribution >= 4 is 39.5 Å². The highest BCUT2D eigenvalue weighted by Crippen LogP contribution is 2.45. The van der Waals surface area contributed by atoms with Crippen LogP contribution in [0.5, 0.6) is 0 Å². The van der Waals surface area contributed by atoms with Crippen molar-refractivity contribution in [3.8, 4) is 0 Å². The predicted octanol–water partition coefficient (Wildman–Crippen LogP) is 25.8. The Labute approximate surface area is 638 Å². The second-order valence-electron chi connectivity index (χ2n) is 31.1. The third-order valence-corrected chi connectivity index (χ3v) is 22.6. The SMILES string of the molecule is CCCCCCCCCCCCCCCCC(=O)O[C@H](COC(=O)CCCCCCCCCCCC)COP(=O)(O)OC[C@H](O)COP(=O)(O)OC[C@@H](COC(=O)CCCCCCCCCCCCCCCCC(C)CC)OC(=O)CCCCCCCCCCCCCCCCCCCCC(C)CC. The van der Waals surface area contributed by atoms with Gasteiger partial charge in [-0.25, -0.2) is 9.13 Å². The number of phosphoric ester groups is 2. The van der Waals surface area contributed by atoms with Crippen LogP contribution in [-0.4, -0.2) is 96.7 Å². The van der Waals surface area contributed by atoms with Crippen LogP contribution in [-0.2, 0) is 65.4 Å². The van der Waals surface area contributed by atoms with Crippen molar-refractivity contribution in [3.05, 3.63) is 0 Å². The van der Waals surface area contributed by atoms with Crippen molar-refractivity contribution in [1.29, 1.82) is 0 Å². The Bertz CT molecular complexity index is 2000. The van der Waals surface area contributed by atoms with Gasteiger partial charge in [-0.3, -0.25) is 37.3 Å². The lowest BCUT2D eigenvalue weighted by Gasteiger charge is -2.21. The highest BCUT2D eigenvalue weighted by atomic mass is 31.2. The number of aliphatic hydroxyl groups excluding tert-OH is 1.